The van der Waals surface area contributed by atoms with E-state index in [9.17, 15) is 0 Å². The second-order valence-electron chi connectivity index (χ2n) is 3.46. The minimum absolute atomic E-state index is 0.253. The van der Waals surface area contributed by atoms with Crippen molar-refractivity contribution in [2.45, 2.75) is 32.5 Å². The predicted octanol–water partition coefficient (Wildman–Crippen LogP) is 0.478. The number of morpholine rings is 1. The summed E-state index contributed by atoms with van der Waals surface area (Å²) in [6.07, 6.45) is 1.74. The zero-order valence-electron chi connectivity index (χ0n) is 7.99. The maximum absolute atomic E-state index is 8.78. The van der Waals surface area contributed by atoms with Gasteiger partial charge in [0.1, 0.15) is 0 Å². The van der Waals surface area contributed by atoms with Crippen molar-refractivity contribution in [3.8, 4) is 0 Å². The van der Waals surface area contributed by atoms with Gasteiger partial charge in [-0.25, -0.2) is 0 Å². The highest BCUT2D eigenvalue weighted by molar-refractivity contribution is 4.74. The molecular formula is C9H19NO2. The predicted molar refractivity (Wildman–Crippen MR) is 48.2 cm³/mol. The van der Waals surface area contributed by atoms with Gasteiger partial charge >= 0.3 is 0 Å². The van der Waals surface area contributed by atoms with E-state index in [4.69, 9.17) is 9.84 Å². The van der Waals surface area contributed by atoms with E-state index >= 15 is 0 Å². The number of aliphatic hydroxyl groups is 1. The van der Waals surface area contributed by atoms with Crippen LogP contribution in [0.5, 0.6) is 0 Å². The molecule has 0 aliphatic carbocycles. The van der Waals surface area contributed by atoms with Crippen molar-refractivity contribution in [1.29, 1.82) is 0 Å². The number of nitrogens with zero attached hydrogens (tertiary/aromatic N) is 1. The SMILES string of the molecule is CC[C@@H]1CN(CCO)C[C@H](C)O1. The molecule has 0 aromatic carbocycles. The van der Waals surface area contributed by atoms with E-state index in [0.717, 1.165) is 26.1 Å². The summed E-state index contributed by atoms with van der Waals surface area (Å²) in [6, 6.07) is 0. The van der Waals surface area contributed by atoms with Crippen molar-refractivity contribution < 1.29 is 9.84 Å². The van der Waals surface area contributed by atoms with Crippen LogP contribution in [0.4, 0.5) is 0 Å². The average Bonchev–Trinajstić information content (AvgIpc) is 2.04. The third-order valence-corrected chi connectivity index (χ3v) is 2.27. The van der Waals surface area contributed by atoms with Gasteiger partial charge in [0.15, 0.2) is 0 Å². The fourth-order valence-electron chi connectivity index (χ4n) is 1.69. The largest absolute Gasteiger partial charge is 0.395 e. The molecule has 12 heavy (non-hydrogen) atoms. The summed E-state index contributed by atoms with van der Waals surface area (Å²) in [5.74, 6) is 0. The Morgan fingerprint density at radius 3 is 2.83 bits per heavy atom. The lowest BCUT2D eigenvalue weighted by atomic mass is 10.2. The van der Waals surface area contributed by atoms with Gasteiger partial charge in [-0.2, -0.15) is 0 Å². The summed E-state index contributed by atoms with van der Waals surface area (Å²) in [6.45, 7) is 7.19. The van der Waals surface area contributed by atoms with Crippen LogP contribution in [0.25, 0.3) is 0 Å². The van der Waals surface area contributed by atoms with Gasteiger partial charge in [0.2, 0.25) is 0 Å². The molecule has 1 rings (SSSR count). The summed E-state index contributed by atoms with van der Waals surface area (Å²) in [7, 11) is 0. The summed E-state index contributed by atoms with van der Waals surface area (Å²) in [5.41, 5.74) is 0. The van der Waals surface area contributed by atoms with Gasteiger partial charge in [-0.1, -0.05) is 6.92 Å². The number of hydrogen-bond donors (Lipinski definition) is 1. The lowest BCUT2D eigenvalue weighted by Crippen LogP contribution is -2.47. The average molecular weight is 173 g/mol. The molecule has 0 amide bonds. The van der Waals surface area contributed by atoms with Gasteiger partial charge in [0, 0.05) is 19.6 Å². The number of ether oxygens (including phenoxy) is 1. The molecule has 2 atom stereocenters. The first-order chi connectivity index (χ1) is 5.76. The fraction of sp³-hybridized carbons (Fsp3) is 1.00. The third kappa shape index (κ3) is 2.73. The number of aliphatic hydroxyl groups excluding tert-OH is 1. The summed E-state index contributed by atoms with van der Waals surface area (Å²) < 4.78 is 5.69. The minimum Gasteiger partial charge on any atom is -0.395 e. The van der Waals surface area contributed by atoms with Gasteiger partial charge in [0.05, 0.1) is 18.8 Å². The van der Waals surface area contributed by atoms with Gasteiger partial charge in [-0.15, -0.1) is 0 Å². The second-order valence-corrected chi connectivity index (χ2v) is 3.46. The van der Waals surface area contributed by atoms with Crippen LogP contribution in [0.15, 0.2) is 0 Å². The Morgan fingerprint density at radius 2 is 2.25 bits per heavy atom. The van der Waals surface area contributed by atoms with Crippen molar-refractivity contribution in [3.05, 3.63) is 0 Å². The Balaban J connectivity index is 2.34. The fourth-order valence-corrected chi connectivity index (χ4v) is 1.69. The molecule has 0 saturated carbocycles. The Labute approximate surface area is 74.3 Å². The van der Waals surface area contributed by atoms with Crippen LogP contribution in [0.3, 0.4) is 0 Å². The van der Waals surface area contributed by atoms with Crippen LogP contribution >= 0.6 is 0 Å². The van der Waals surface area contributed by atoms with Crippen LogP contribution in [0.1, 0.15) is 20.3 Å². The van der Waals surface area contributed by atoms with Crippen molar-refractivity contribution in [1.82, 2.24) is 4.90 Å². The Kier molecular flexibility index (Phi) is 3.98. The third-order valence-electron chi connectivity index (χ3n) is 2.27. The second kappa shape index (κ2) is 4.80. The van der Waals surface area contributed by atoms with Crippen LogP contribution in [-0.4, -0.2) is 48.5 Å². The summed E-state index contributed by atoms with van der Waals surface area (Å²) >= 11 is 0. The first kappa shape index (κ1) is 9.96. The monoisotopic (exact) mass is 173 g/mol. The van der Waals surface area contributed by atoms with E-state index in [1.807, 2.05) is 0 Å². The standard InChI is InChI=1S/C9H19NO2/c1-3-9-7-10(4-5-11)6-8(2)12-9/h8-9,11H,3-7H2,1-2H3/t8-,9+/m0/s1. The molecule has 1 saturated heterocycles. The molecule has 0 aromatic heterocycles. The van der Waals surface area contributed by atoms with Gasteiger partial charge in [-0.05, 0) is 13.3 Å². The van der Waals surface area contributed by atoms with Gasteiger partial charge < -0.3 is 9.84 Å². The van der Waals surface area contributed by atoms with Crippen molar-refractivity contribution >= 4 is 0 Å². The van der Waals surface area contributed by atoms with E-state index in [1.165, 1.54) is 0 Å². The molecule has 0 unspecified atom stereocenters. The topological polar surface area (TPSA) is 32.7 Å². The first-order valence-corrected chi connectivity index (χ1v) is 4.75. The number of rotatable bonds is 3. The zero-order valence-corrected chi connectivity index (χ0v) is 7.99. The molecule has 0 spiro atoms. The maximum Gasteiger partial charge on any atom is 0.0703 e. The van der Waals surface area contributed by atoms with Crippen molar-refractivity contribution in [2.75, 3.05) is 26.2 Å². The zero-order chi connectivity index (χ0) is 8.97. The van der Waals surface area contributed by atoms with Crippen LogP contribution in [0.2, 0.25) is 0 Å². The molecule has 72 valence electrons. The molecule has 1 N–H and O–H groups in total. The van der Waals surface area contributed by atoms with Crippen molar-refractivity contribution in [3.63, 3.8) is 0 Å². The molecule has 3 heteroatoms. The molecule has 1 aliphatic heterocycles. The minimum atomic E-state index is 0.253. The van der Waals surface area contributed by atoms with E-state index in [2.05, 4.69) is 18.7 Å². The molecular weight excluding hydrogens is 154 g/mol. The van der Waals surface area contributed by atoms with Crippen molar-refractivity contribution in [2.24, 2.45) is 0 Å². The molecule has 0 aromatic rings. The Hall–Kier alpha value is -0.120. The number of hydrogen-bond acceptors (Lipinski definition) is 3. The van der Waals surface area contributed by atoms with E-state index < -0.39 is 0 Å². The normalized spacial score (nSPS) is 32.2. The highest BCUT2D eigenvalue weighted by Crippen LogP contribution is 2.12. The maximum atomic E-state index is 8.78. The van der Waals surface area contributed by atoms with Gasteiger partial charge in [0.25, 0.3) is 0 Å². The van der Waals surface area contributed by atoms with Crippen LogP contribution < -0.4 is 0 Å². The number of β-amino-alcohol motifs (C(OH)–C–C–N with tert-alkyl or cyclic N) is 1. The molecule has 0 bridgehead atoms. The van der Waals surface area contributed by atoms with Crippen LogP contribution in [-0.2, 0) is 4.74 Å². The smallest absolute Gasteiger partial charge is 0.0703 e. The molecule has 1 aliphatic rings. The highest BCUT2D eigenvalue weighted by atomic mass is 16.5. The quantitative estimate of drug-likeness (QED) is 0.673. The molecule has 1 heterocycles. The molecule has 3 nitrogen and oxygen atoms in total. The summed E-state index contributed by atoms with van der Waals surface area (Å²) in [5, 5.41) is 8.78. The van der Waals surface area contributed by atoms with Crippen LogP contribution in [0, 0.1) is 0 Å². The molecule has 1 fully saturated rings. The Bertz CT molecular complexity index is 130. The lowest BCUT2D eigenvalue weighted by molar-refractivity contribution is -0.0800. The van der Waals surface area contributed by atoms with Gasteiger partial charge in [-0.3, -0.25) is 4.90 Å². The molecule has 0 radical (unpaired) electrons. The Morgan fingerprint density at radius 1 is 1.50 bits per heavy atom. The van der Waals surface area contributed by atoms with E-state index in [-0.39, 0.29) is 6.61 Å². The van der Waals surface area contributed by atoms with E-state index in [0.29, 0.717) is 12.2 Å². The summed E-state index contributed by atoms with van der Waals surface area (Å²) in [4.78, 5) is 2.27. The lowest BCUT2D eigenvalue weighted by Gasteiger charge is -2.36. The van der Waals surface area contributed by atoms with E-state index in [1.54, 1.807) is 0 Å². The highest BCUT2D eigenvalue weighted by Gasteiger charge is 2.22. The first-order valence-electron chi connectivity index (χ1n) is 4.75.